The molecule has 0 aliphatic carbocycles. The summed E-state index contributed by atoms with van der Waals surface area (Å²) in [4.78, 5) is 16.1. The Morgan fingerprint density at radius 3 is 2.88 bits per heavy atom. The number of esters is 1. The summed E-state index contributed by atoms with van der Waals surface area (Å²) in [5.41, 5.74) is 0.834. The van der Waals surface area contributed by atoms with E-state index < -0.39 is 16.0 Å². The summed E-state index contributed by atoms with van der Waals surface area (Å²) in [6, 6.07) is 6.89. The SMILES string of the molecule is COC(=O)c1sccc1S(=O)(=O)N1CCC(Oc2cccc(C)n2)C1. The van der Waals surface area contributed by atoms with Crippen molar-refractivity contribution < 1.29 is 22.7 Å². The van der Waals surface area contributed by atoms with Gasteiger partial charge < -0.3 is 9.47 Å². The Labute approximate surface area is 150 Å². The summed E-state index contributed by atoms with van der Waals surface area (Å²) in [6.07, 6.45) is 0.288. The number of pyridine rings is 1. The second-order valence-corrected chi connectivity index (χ2v) is 8.44. The van der Waals surface area contributed by atoms with Gasteiger partial charge in [0, 0.05) is 18.3 Å². The molecule has 7 nitrogen and oxygen atoms in total. The number of sulfonamides is 1. The molecule has 0 N–H and O–H groups in total. The van der Waals surface area contributed by atoms with Crippen LogP contribution in [-0.2, 0) is 14.8 Å². The smallest absolute Gasteiger partial charge is 0.349 e. The van der Waals surface area contributed by atoms with E-state index in [0.29, 0.717) is 18.8 Å². The third kappa shape index (κ3) is 3.68. The van der Waals surface area contributed by atoms with Gasteiger partial charge in [-0.15, -0.1) is 11.3 Å². The molecule has 0 saturated carbocycles. The maximum absolute atomic E-state index is 12.8. The topological polar surface area (TPSA) is 85.8 Å². The lowest BCUT2D eigenvalue weighted by molar-refractivity contribution is 0.0602. The molecule has 0 aromatic carbocycles. The number of aromatic nitrogens is 1. The van der Waals surface area contributed by atoms with E-state index in [9.17, 15) is 13.2 Å². The van der Waals surface area contributed by atoms with Crippen LogP contribution in [0, 0.1) is 6.92 Å². The van der Waals surface area contributed by atoms with Crippen LogP contribution in [0.15, 0.2) is 34.5 Å². The van der Waals surface area contributed by atoms with Crippen molar-refractivity contribution in [2.75, 3.05) is 20.2 Å². The molecule has 3 heterocycles. The fraction of sp³-hybridized carbons (Fsp3) is 0.375. The number of aryl methyl sites for hydroxylation is 1. The van der Waals surface area contributed by atoms with Crippen molar-refractivity contribution in [2.24, 2.45) is 0 Å². The molecule has 1 aliphatic heterocycles. The molecule has 0 bridgehead atoms. The predicted molar refractivity (Wildman–Crippen MR) is 92.4 cm³/mol. The predicted octanol–water partition coefficient (Wildman–Crippen LogP) is 2.08. The average Bonchev–Trinajstić information content (AvgIpc) is 3.24. The highest BCUT2D eigenvalue weighted by Crippen LogP contribution is 2.29. The largest absolute Gasteiger partial charge is 0.473 e. The molecule has 1 aliphatic rings. The number of carbonyl (C=O) groups excluding carboxylic acids is 1. The lowest BCUT2D eigenvalue weighted by Crippen LogP contribution is -2.31. The summed E-state index contributed by atoms with van der Waals surface area (Å²) < 4.78 is 37.5. The monoisotopic (exact) mass is 382 g/mol. The molecule has 0 amide bonds. The van der Waals surface area contributed by atoms with Crippen LogP contribution in [0.1, 0.15) is 21.8 Å². The molecule has 1 fully saturated rings. The van der Waals surface area contributed by atoms with Crippen molar-refractivity contribution in [1.29, 1.82) is 0 Å². The summed E-state index contributed by atoms with van der Waals surface area (Å²) in [6.45, 7) is 2.41. The van der Waals surface area contributed by atoms with E-state index in [1.54, 1.807) is 11.4 Å². The maximum Gasteiger partial charge on any atom is 0.349 e. The van der Waals surface area contributed by atoms with Gasteiger partial charge in [0.15, 0.2) is 0 Å². The molecular weight excluding hydrogens is 364 g/mol. The van der Waals surface area contributed by atoms with Crippen molar-refractivity contribution in [3.05, 3.63) is 40.2 Å². The second kappa shape index (κ2) is 7.11. The summed E-state index contributed by atoms with van der Waals surface area (Å²) in [5, 5.41) is 1.57. The molecule has 1 saturated heterocycles. The van der Waals surface area contributed by atoms with Crippen LogP contribution in [0.25, 0.3) is 0 Å². The Balaban J connectivity index is 1.75. The van der Waals surface area contributed by atoms with Crippen LogP contribution in [0.4, 0.5) is 0 Å². The van der Waals surface area contributed by atoms with Crippen molar-refractivity contribution in [1.82, 2.24) is 9.29 Å². The number of ether oxygens (including phenoxy) is 2. The van der Waals surface area contributed by atoms with Gasteiger partial charge in [-0.25, -0.2) is 18.2 Å². The number of hydrogen-bond acceptors (Lipinski definition) is 7. The van der Waals surface area contributed by atoms with Gasteiger partial charge in [0.1, 0.15) is 15.9 Å². The minimum absolute atomic E-state index is 0.0151. The molecule has 3 rings (SSSR count). The van der Waals surface area contributed by atoms with Gasteiger partial charge in [0.25, 0.3) is 0 Å². The zero-order valence-corrected chi connectivity index (χ0v) is 15.5. The van der Waals surface area contributed by atoms with Crippen molar-refractivity contribution in [3.63, 3.8) is 0 Å². The molecule has 25 heavy (non-hydrogen) atoms. The molecular formula is C16H18N2O5S2. The third-order valence-electron chi connectivity index (χ3n) is 3.88. The van der Waals surface area contributed by atoms with E-state index in [2.05, 4.69) is 9.72 Å². The van der Waals surface area contributed by atoms with Gasteiger partial charge in [0.2, 0.25) is 15.9 Å². The number of nitrogens with zero attached hydrogens (tertiary/aromatic N) is 2. The zero-order chi connectivity index (χ0) is 18.0. The second-order valence-electron chi connectivity index (χ2n) is 5.61. The number of methoxy groups -OCH3 is 1. The zero-order valence-electron chi connectivity index (χ0n) is 13.8. The van der Waals surface area contributed by atoms with Crippen molar-refractivity contribution >= 4 is 27.3 Å². The lowest BCUT2D eigenvalue weighted by atomic mass is 10.3. The minimum Gasteiger partial charge on any atom is -0.473 e. The van der Waals surface area contributed by atoms with E-state index in [4.69, 9.17) is 4.74 Å². The van der Waals surface area contributed by atoms with Crippen molar-refractivity contribution in [2.45, 2.75) is 24.3 Å². The quantitative estimate of drug-likeness (QED) is 0.736. The van der Waals surface area contributed by atoms with Crippen LogP contribution in [-0.4, -0.2) is 50.0 Å². The average molecular weight is 382 g/mol. The molecule has 1 atom stereocenters. The summed E-state index contributed by atoms with van der Waals surface area (Å²) in [5.74, 6) is -0.167. The van der Waals surface area contributed by atoms with Crippen LogP contribution < -0.4 is 4.74 Å². The Hall–Kier alpha value is -1.97. The third-order valence-corrected chi connectivity index (χ3v) is 6.81. The highest BCUT2D eigenvalue weighted by molar-refractivity contribution is 7.89. The Kier molecular flexibility index (Phi) is 5.07. The Bertz CT molecular complexity index is 878. The van der Waals surface area contributed by atoms with Crippen LogP contribution in [0.3, 0.4) is 0 Å². The first-order valence-corrected chi connectivity index (χ1v) is 10.00. The molecule has 1 unspecified atom stereocenters. The fourth-order valence-corrected chi connectivity index (χ4v) is 5.44. The van der Waals surface area contributed by atoms with Crippen molar-refractivity contribution in [3.8, 4) is 5.88 Å². The number of hydrogen-bond donors (Lipinski definition) is 0. The Morgan fingerprint density at radius 1 is 1.36 bits per heavy atom. The van der Waals surface area contributed by atoms with Crippen LogP contribution in [0.2, 0.25) is 0 Å². The first-order valence-electron chi connectivity index (χ1n) is 7.68. The van der Waals surface area contributed by atoms with E-state index in [1.165, 1.54) is 17.5 Å². The normalized spacial score (nSPS) is 18.2. The molecule has 134 valence electrons. The van der Waals surface area contributed by atoms with Gasteiger partial charge in [-0.05, 0) is 30.9 Å². The molecule has 0 radical (unpaired) electrons. The van der Waals surface area contributed by atoms with Gasteiger partial charge >= 0.3 is 5.97 Å². The number of carbonyl (C=O) groups is 1. The van der Waals surface area contributed by atoms with E-state index in [-0.39, 0.29) is 22.4 Å². The number of thiophene rings is 1. The molecule has 9 heteroatoms. The van der Waals surface area contributed by atoms with Gasteiger partial charge in [-0.1, -0.05) is 6.07 Å². The van der Waals surface area contributed by atoms with Gasteiger partial charge in [0.05, 0.1) is 13.7 Å². The molecule has 2 aromatic heterocycles. The van der Waals surface area contributed by atoms with E-state index in [0.717, 1.165) is 17.0 Å². The van der Waals surface area contributed by atoms with Crippen LogP contribution >= 0.6 is 11.3 Å². The summed E-state index contributed by atoms with van der Waals surface area (Å²) in [7, 11) is -2.54. The van der Waals surface area contributed by atoms with Gasteiger partial charge in [-0.2, -0.15) is 4.31 Å². The fourth-order valence-electron chi connectivity index (χ4n) is 2.65. The standard InChI is InChI=1S/C16H18N2O5S2/c1-11-4-3-5-14(17-11)23-12-6-8-18(10-12)25(20,21)13-7-9-24-15(13)16(19)22-2/h3-5,7,9,12H,6,8,10H2,1-2H3. The molecule has 0 spiro atoms. The minimum atomic E-state index is -3.77. The molecule has 2 aromatic rings. The maximum atomic E-state index is 12.8. The summed E-state index contributed by atoms with van der Waals surface area (Å²) >= 11 is 1.05. The first kappa shape index (κ1) is 17.8. The highest BCUT2D eigenvalue weighted by Gasteiger charge is 2.36. The van der Waals surface area contributed by atoms with Crippen LogP contribution in [0.5, 0.6) is 5.88 Å². The van der Waals surface area contributed by atoms with Gasteiger partial charge in [-0.3, -0.25) is 0 Å². The number of rotatable bonds is 5. The first-order chi connectivity index (χ1) is 11.9. The van der Waals surface area contributed by atoms with E-state index >= 15 is 0 Å². The highest BCUT2D eigenvalue weighted by atomic mass is 32.2. The Morgan fingerprint density at radius 2 is 2.16 bits per heavy atom. The van der Waals surface area contributed by atoms with E-state index in [1.807, 2.05) is 19.1 Å². The lowest BCUT2D eigenvalue weighted by Gasteiger charge is -2.17.